The lowest BCUT2D eigenvalue weighted by Crippen LogP contribution is -2.22. The van der Waals surface area contributed by atoms with Gasteiger partial charge in [-0.3, -0.25) is 0 Å². The van der Waals surface area contributed by atoms with Gasteiger partial charge in [-0.05, 0) is 65.1 Å². The van der Waals surface area contributed by atoms with Crippen LogP contribution in [0.25, 0.3) is 0 Å². The predicted octanol–water partition coefficient (Wildman–Crippen LogP) is 3.51. The minimum absolute atomic E-state index is 0.330. The molecule has 0 saturated carbocycles. The van der Waals surface area contributed by atoms with E-state index in [4.69, 9.17) is 4.74 Å². The molecule has 1 N–H and O–H groups in total. The molecule has 1 aliphatic rings. The molecule has 1 unspecified atom stereocenters. The summed E-state index contributed by atoms with van der Waals surface area (Å²) in [7, 11) is 0. The van der Waals surface area contributed by atoms with E-state index in [1.54, 1.807) is 0 Å². The molecule has 1 aromatic rings. The number of aliphatic hydroxyl groups is 1. The number of rotatable bonds is 2. The summed E-state index contributed by atoms with van der Waals surface area (Å²) in [6, 6.07) is 6.05. The van der Waals surface area contributed by atoms with Crippen LogP contribution in [-0.4, -0.2) is 18.3 Å². The lowest BCUT2D eigenvalue weighted by molar-refractivity contribution is 0.00686. The van der Waals surface area contributed by atoms with Gasteiger partial charge < -0.3 is 9.84 Å². The summed E-state index contributed by atoms with van der Waals surface area (Å²) in [6.45, 7) is 1.54. The van der Waals surface area contributed by atoms with Gasteiger partial charge in [0.05, 0.1) is 6.10 Å². The second kappa shape index (κ2) is 5.80. The van der Waals surface area contributed by atoms with Crippen molar-refractivity contribution in [2.45, 2.75) is 18.9 Å². The summed E-state index contributed by atoms with van der Waals surface area (Å²) >= 11 is 5.73. The zero-order valence-corrected chi connectivity index (χ0v) is 12.6. The van der Waals surface area contributed by atoms with Crippen LogP contribution in [0.1, 0.15) is 24.5 Å². The maximum atomic E-state index is 10.4. The first-order valence-electron chi connectivity index (χ1n) is 5.39. The number of halogens is 2. The first-order chi connectivity index (χ1) is 7.68. The summed E-state index contributed by atoms with van der Waals surface area (Å²) in [5.41, 5.74) is 1.03. The molecule has 1 atom stereocenters. The van der Waals surface area contributed by atoms with Gasteiger partial charge in [-0.25, -0.2) is 0 Å². The van der Waals surface area contributed by atoms with Crippen molar-refractivity contribution in [3.63, 3.8) is 0 Å². The van der Waals surface area contributed by atoms with E-state index in [2.05, 4.69) is 38.5 Å². The van der Waals surface area contributed by atoms with Crippen LogP contribution in [0.2, 0.25) is 0 Å². The Kier molecular flexibility index (Phi) is 4.64. The second-order valence-electron chi connectivity index (χ2n) is 4.06. The fraction of sp³-hybridized carbons (Fsp3) is 0.500. The average molecular weight is 397 g/mol. The summed E-state index contributed by atoms with van der Waals surface area (Å²) < 4.78 is 7.46. The van der Waals surface area contributed by atoms with E-state index in [0.29, 0.717) is 5.92 Å². The Morgan fingerprint density at radius 3 is 2.75 bits per heavy atom. The molecule has 2 rings (SSSR count). The molecule has 1 aliphatic heterocycles. The largest absolute Gasteiger partial charge is 0.388 e. The molecule has 1 fully saturated rings. The van der Waals surface area contributed by atoms with Gasteiger partial charge >= 0.3 is 0 Å². The van der Waals surface area contributed by atoms with Crippen LogP contribution in [0.15, 0.2) is 22.7 Å². The number of aliphatic hydroxyl groups excluding tert-OH is 1. The number of hydrogen-bond acceptors (Lipinski definition) is 2. The monoisotopic (exact) mass is 396 g/mol. The van der Waals surface area contributed by atoms with Gasteiger partial charge in [-0.15, -0.1) is 0 Å². The first-order valence-corrected chi connectivity index (χ1v) is 7.26. The molecule has 0 spiro atoms. The summed E-state index contributed by atoms with van der Waals surface area (Å²) in [6.07, 6.45) is 1.53. The van der Waals surface area contributed by atoms with Crippen molar-refractivity contribution in [1.82, 2.24) is 0 Å². The maximum Gasteiger partial charge on any atom is 0.0830 e. The fourth-order valence-electron chi connectivity index (χ4n) is 2.03. The van der Waals surface area contributed by atoms with Crippen molar-refractivity contribution in [1.29, 1.82) is 0 Å². The van der Waals surface area contributed by atoms with E-state index in [0.717, 1.165) is 39.7 Å². The van der Waals surface area contributed by atoms with Crippen molar-refractivity contribution in [2.75, 3.05) is 13.2 Å². The zero-order valence-electron chi connectivity index (χ0n) is 8.83. The van der Waals surface area contributed by atoms with Gasteiger partial charge in [-0.1, -0.05) is 15.9 Å². The Morgan fingerprint density at radius 2 is 2.06 bits per heavy atom. The minimum atomic E-state index is -0.367. The maximum absolute atomic E-state index is 10.4. The van der Waals surface area contributed by atoms with Crippen LogP contribution in [0.5, 0.6) is 0 Å². The van der Waals surface area contributed by atoms with Crippen molar-refractivity contribution < 1.29 is 9.84 Å². The van der Waals surface area contributed by atoms with Crippen LogP contribution < -0.4 is 0 Å². The van der Waals surface area contributed by atoms with Crippen LogP contribution in [0.3, 0.4) is 0 Å². The molecule has 1 heterocycles. The third-order valence-corrected chi connectivity index (χ3v) is 4.46. The summed E-state index contributed by atoms with van der Waals surface area (Å²) in [5.74, 6) is 0.330. The summed E-state index contributed by atoms with van der Waals surface area (Å²) in [5, 5.41) is 10.4. The van der Waals surface area contributed by atoms with E-state index < -0.39 is 0 Å². The third-order valence-electron chi connectivity index (χ3n) is 2.99. The van der Waals surface area contributed by atoms with Crippen molar-refractivity contribution in [2.24, 2.45) is 5.92 Å². The van der Waals surface area contributed by atoms with Crippen LogP contribution in [-0.2, 0) is 4.74 Å². The molecule has 0 aliphatic carbocycles. The van der Waals surface area contributed by atoms with Gasteiger partial charge in [0, 0.05) is 21.3 Å². The first kappa shape index (κ1) is 12.8. The second-order valence-corrected chi connectivity index (χ2v) is 6.14. The van der Waals surface area contributed by atoms with Crippen LogP contribution >= 0.6 is 38.5 Å². The predicted molar refractivity (Wildman–Crippen MR) is 75.4 cm³/mol. The number of benzene rings is 1. The molecule has 4 heteroatoms. The summed E-state index contributed by atoms with van der Waals surface area (Å²) in [4.78, 5) is 0. The van der Waals surface area contributed by atoms with Gasteiger partial charge in [0.25, 0.3) is 0 Å². The Morgan fingerprint density at radius 1 is 1.38 bits per heavy atom. The Balaban J connectivity index is 2.18. The molecule has 0 amide bonds. The van der Waals surface area contributed by atoms with Crippen LogP contribution in [0, 0.1) is 9.49 Å². The Labute approximate surface area is 118 Å². The van der Waals surface area contributed by atoms with Crippen LogP contribution in [0.4, 0.5) is 0 Å². The standard InChI is InChI=1S/C12H14BrIO2/c13-9-1-2-11(14)10(7-9)12(15)8-3-5-16-6-4-8/h1-2,7-8,12,15H,3-6H2. The smallest absolute Gasteiger partial charge is 0.0830 e. The van der Waals surface area contributed by atoms with E-state index in [9.17, 15) is 5.11 Å². The number of ether oxygens (including phenoxy) is 1. The van der Waals surface area contributed by atoms with Crippen molar-refractivity contribution >= 4 is 38.5 Å². The van der Waals surface area contributed by atoms with E-state index >= 15 is 0 Å². The Hall–Kier alpha value is 0.350. The third kappa shape index (κ3) is 2.97. The van der Waals surface area contributed by atoms with E-state index in [-0.39, 0.29) is 6.10 Å². The minimum Gasteiger partial charge on any atom is -0.388 e. The van der Waals surface area contributed by atoms with E-state index in [1.165, 1.54) is 0 Å². The molecule has 88 valence electrons. The molecule has 0 aromatic heterocycles. The van der Waals surface area contributed by atoms with Crippen molar-refractivity contribution in [3.05, 3.63) is 31.8 Å². The molecular weight excluding hydrogens is 383 g/mol. The quantitative estimate of drug-likeness (QED) is 0.775. The highest BCUT2D eigenvalue weighted by Crippen LogP contribution is 2.33. The molecule has 0 radical (unpaired) electrons. The van der Waals surface area contributed by atoms with Gasteiger partial charge in [-0.2, -0.15) is 0 Å². The van der Waals surface area contributed by atoms with Crippen molar-refractivity contribution in [3.8, 4) is 0 Å². The van der Waals surface area contributed by atoms with Gasteiger partial charge in [0.2, 0.25) is 0 Å². The zero-order chi connectivity index (χ0) is 11.5. The van der Waals surface area contributed by atoms with E-state index in [1.807, 2.05) is 18.2 Å². The lowest BCUT2D eigenvalue weighted by atomic mass is 9.89. The lowest BCUT2D eigenvalue weighted by Gasteiger charge is -2.27. The average Bonchev–Trinajstić information content (AvgIpc) is 2.32. The topological polar surface area (TPSA) is 29.5 Å². The molecule has 16 heavy (non-hydrogen) atoms. The molecular formula is C12H14BrIO2. The van der Waals surface area contributed by atoms with Gasteiger partial charge in [0.15, 0.2) is 0 Å². The highest BCUT2D eigenvalue weighted by molar-refractivity contribution is 14.1. The Bertz CT molecular complexity index is 364. The SMILES string of the molecule is OC(c1cc(Br)ccc1I)C1CCOCC1. The molecule has 2 nitrogen and oxygen atoms in total. The van der Waals surface area contributed by atoms with Gasteiger partial charge in [0.1, 0.15) is 0 Å². The number of hydrogen-bond donors (Lipinski definition) is 1. The molecule has 1 saturated heterocycles. The highest BCUT2D eigenvalue weighted by atomic mass is 127. The molecule has 0 bridgehead atoms. The molecule has 1 aromatic carbocycles. The fourth-order valence-corrected chi connectivity index (χ4v) is 3.06. The normalized spacial score (nSPS) is 19.7. The highest BCUT2D eigenvalue weighted by Gasteiger charge is 2.24.